The lowest BCUT2D eigenvalue weighted by atomic mass is 10.2. The largest absolute Gasteiger partial charge is 0.481 e. The van der Waals surface area contributed by atoms with Crippen molar-refractivity contribution in [2.75, 3.05) is 13.2 Å². The lowest BCUT2D eigenvalue weighted by Gasteiger charge is -2.11. The summed E-state index contributed by atoms with van der Waals surface area (Å²) in [4.78, 5) is 11.4. The third kappa shape index (κ3) is 6.39. The van der Waals surface area contributed by atoms with E-state index in [9.17, 15) is 4.79 Å². The van der Waals surface area contributed by atoms with Gasteiger partial charge in [-0.05, 0) is 60.4 Å². The number of ether oxygens (including phenoxy) is 2. The van der Waals surface area contributed by atoms with E-state index in [0.717, 1.165) is 24.0 Å². The highest BCUT2D eigenvalue weighted by Gasteiger charge is 2.08. The number of hydrogen-bond donors (Lipinski definition) is 1. The quantitative estimate of drug-likeness (QED) is 0.581. The predicted molar refractivity (Wildman–Crippen MR) is 82.9 cm³/mol. The Morgan fingerprint density at radius 3 is 2.75 bits per heavy atom. The van der Waals surface area contributed by atoms with Crippen molar-refractivity contribution < 1.29 is 14.3 Å². The van der Waals surface area contributed by atoms with Gasteiger partial charge in [-0.3, -0.25) is 0 Å². The van der Waals surface area contributed by atoms with Gasteiger partial charge in [-0.2, -0.15) is 0 Å². The van der Waals surface area contributed by atoms with Crippen LogP contribution in [0.4, 0.5) is 0 Å². The zero-order valence-electron chi connectivity index (χ0n) is 12.2. The number of hydrogen-bond acceptors (Lipinski definition) is 4. The molecule has 0 spiro atoms. The standard InChI is InChI=1S/C15H22BrNO3/c1-4-7-17-9-12-5-6-14(13(16)8-12)19-10-15(18)20-11(2)3/h5-6,8,11,17H,4,7,9-10H2,1-3H3. The van der Waals surface area contributed by atoms with E-state index in [1.165, 1.54) is 5.56 Å². The van der Waals surface area contributed by atoms with Crippen molar-refractivity contribution >= 4 is 21.9 Å². The van der Waals surface area contributed by atoms with Crippen molar-refractivity contribution in [2.24, 2.45) is 0 Å². The Kier molecular flexibility index (Phi) is 7.62. The summed E-state index contributed by atoms with van der Waals surface area (Å²) in [6, 6.07) is 5.83. The van der Waals surface area contributed by atoms with Gasteiger partial charge in [0.15, 0.2) is 6.61 Å². The maximum absolute atomic E-state index is 11.4. The Morgan fingerprint density at radius 2 is 2.15 bits per heavy atom. The number of nitrogens with one attached hydrogen (secondary N) is 1. The minimum absolute atomic E-state index is 0.0792. The summed E-state index contributed by atoms with van der Waals surface area (Å²) >= 11 is 3.45. The summed E-state index contributed by atoms with van der Waals surface area (Å²) in [5, 5.41) is 3.33. The Labute approximate surface area is 129 Å². The highest BCUT2D eigenvalue weighted by atomic mass is 79.9. The average molecular weight is 344 g/mol. The van der Waals surface area contributed by atoms with Gasteiger partial charge in [0.2, 0.25) is 0 Å². The van der Waals surface area contributed by atoms with E-state index in [4.69, 9.17) is 9.47 Å². The Balaban J connectivity index is 2.49. The van der Waals surface area contributed by atoms with Gasteiger partial charge in [-0.25, -0.2) is 4.79 Å². The molecule has 1 aromatic carbocycles. The monoisotopic (exact) mass is 343 g/mol. The van der Waals surface area contributed by atoms with Crippen LogP contribution >= 0.6 is 15.9 Å². The lowest BCUT2D eigenvalue weighted by Crippen LogP contribution is -2.19. The van der Waals surface area contributed by atoms with E-state index >= 15 is 0 Å². The second-order valence-electron chi connectivity index (χ2n) is 4.77. The summed E-state index contributed by atoms with van der Waals surface area (Å²) in [6.07, 6.45) is 0.988. The van der Waals surface area contributed by atoms with E-state index < -0.39 is 0 Å². The molecule has 0 aliphatic heterocycles. The Morgan fingerprint density at radius 1 is 1.40 bits per heavy atom. The van der Waals surface area contributed by atoms with Gasteiger partial charge < -0.3 is 14.8 Å². The molecule has 0 aromatic heterocycles. The maximum Gasteiger partial charge on any atom is 0.344 e. The molecule has 0 unspecified atom stereocenters. The van der Waals surface area contributed by atoms with Gasteiger partial charge in [0.25, 0.3) is 0 Å². The molecule has 0 radical (unpaired) electrons. The first-order valence-electron chi connectivity index (χ1n) is 6.84. The van der Waals surface area contributed by atoms with Crippen molar-refractivity contribution in [3.8, 4) is 5.75 Å². The fourth-order valence-corrected chi connectivity index (χ4v) is 2.16. The zero-order valence-corrected chi connectivity index (χ0v) is 13.8. The van der Waals surface area contributed by atoms with Crippen LogP contribution in [0.25, 0.3) is 0 Å². The fraction of sp³-hybridized carbons (Fsp3) is 0.533. The van der Waals surface area contributed by atoms with Crippen LogP contribution in [0.15, 0.2) is 22.7 Å². The van der Waals surface area contributed by atoms with Gasteiger partial charge in [0, 0.05) is 6.54 Å². The SMILES string of the molecule is CCCNCc1ccc(OCC(=O)OC(C)C)c(Br)c1. The first-order chi connectivity index (χ1) is 9.52. The molecule has 0 saturated heterocycles. The van der Waals surface area contributed by atoms with Crippen LogP contribution in [0.2, 0.25) is 0 Å². The van der Waals surface area contributed by atoms with Crippen molar-refractivity contribution in [2.45, 2.75) is 39.8 Å². The molecule has 0 amide bonds. The van der Waals surface area contributed by atoms with Crippen LogP contribution in [-0.4, -0.2) is 25.2 Å². The summed E-state index contributed by atoms with van der Waals surface area (Å²) in [6.45, 7) is 7.50. The second kappa shape index (κ2) is 8.97. The number of esters is 1. The molecular weight excluding hydrogens is 322 g/mol. The molecule has 0 bridgehead atoms. The van der Waals surface area contributed by atoms with Crippen LogP contribution in [0.5, 0.6) is 5.75 Å². The Hall–Kier alpha value is -1.07. The van der Waals surface area contributed by atoms with Crippen molar-refractivity contribution in [1.29, 1.82) is 0 Å². The lowest BCUT2D eigenvalue weighted by molar-refractivity contribution is -0.149. The normalized spacial score (nSPS) is 10.7. The van der Waals surface area contributed by atoms with Gasteiger partial charge in [-0.1, -0.05) is 13.0 Å². The van der Waals surface area contributed by atoms with Crippen molar-refractivity contribution in [1.82, 2.24) is 5.32 Å². The number of rotatable bonds is 8. The molecule has 20 heavy (non-hydrogen) atoms. The number of benzene rings is 1. The summed E-state index contributed by atoms with van der Waals surface area (Å²) in [5.74, 6) is 0.283. The summed E-state index contributed by atoms with van der Waals surface area (Å²) < 4.78 is 11.3. The van der Waals surface area contributed by atoms with E-state index in [0.29, 0.717) is 5.75 Å². The van der Waals surface area contributed by atoms with E-state index in [1.54, 1.807) is 0 Å². The first-order valence-corrected chi connectivity index (χ1v) is 7.63. The number of carbonyl (C=O) groups is 1. The predicted octanol–water partition coefficient (Wildman–Crippen LogP) is 3.28. The van der Waals surface area contributed by atoms with E-state index in [2.05, 4.69) is 28.2 Å². The van der Waals surface area contributed by atoms with Gasteiger partial charge in [0.05, 0.1) is 10.6 Å². The molecule has 112 valence electrons. The zero-order chi connectivity index (χ0) is 15.0. The fourth-order valence-electron chi connectivity index (χ4n) is 1.61. The number of halogens is 1. The highest BCUT2D eigenvalue weighted by molar-refractivity contribution is 9.10. The van der Waals surface area contributed by atoms with Crippen LogP contribution in [0, 0.1) is 0 Å². The number of carbonyl (C=O) groups excluding carboxylic acids is 1. The maximum atomic E-state index is 11.4. The summed E-state index contributed by atoms with van der Waals surface area (Å²) in [5.41, 5.74) is 1.17. The highest BCUT2D eigenvalue weighted by Crippen LogP contribution is 2.26. The summed E-state index contributed by atoms with van der Waals surface area (Å²) in [7, 11) is 0. The molecule has 0 aliphatic carbocycles. The van der Waals surface area contributed by atoms with Gasteiger partial charge in [0.1, 0.15) is 5.75 Å². The topological polar surface area (TPSA) is 47.6 Å². The van der Waals surface area contributed by atoms with E-state index in [-0.39, 0.29) is 18.7 Å². The minimum atomic E-state index is -0.361. The molecule has 1 aromatic rings. The molecule has 5 heteroatoms. The van der Waals surface area contributed by atoms with E-state index in [1.807, 2.05) is 32.0 Å². The minimum Gasteiger partial charge on any atom is -0.481 e. The van der Waals surface area contributed by atoms with Gasteiger partial charge >= 0.3 is 5.97 Å². The molecule has 1 rings (SSSR count). The van der Waals surface area contributed by atoms with Crippen molar-refractivity contribution in [3.63, 3.8) is 0 Å². The molecular formula is C15H22BrNO3. The van der Waals surface area contributed by atoms with Crippen LogP contribution in [-0.2, 0) is 16.1 Å². The van der Waals surface area contributed by atoms with Gasteiger partial charge in [-0.15, -0.1) is 0 Å². The third-order valence-corrected chi connectivity index (χ3v) is 3.08. The molecule has 0 saturated carbocycles. The van der Waals surface area contributed by atoms with Crippen LogP contribution in [0.3, 0.4) is 0 Å². The molecule has 0 atom stereocenters. The molecule has 0 heterocycles. The Bertz CT molecular complexity index is 435. The molecule has 0 fully saturated rings. The third-order valence-electron chi connectivity index (χ3n) is 2.46. The smallest absolute Gasteiger partial charge is 0.344 e. The average Bonchev–Trinajstić information content (AvgIpc) is 2.37. The molecule has 0 aliphatic rings. The second-order valence-corrected chi connectivity index (χ2v) is 5.62. The van der Waals surface area contributed by atoms with Crippen LogP contribution < -0.4 is 10.1 Å². The van der Waals surface area contributed by atoms with Crippen molar-refractivity contribution in [3.05, 3.63) is 28.2 Å². The molecule has 4 nitrogen and oxygen atoms in total. The molecule has 1 N–H and O–H groups in total. The van der Waals surface area contributed by atoms with Crippen LogP contribution in [0.1, 0.15) is 32.8 Å². The first kappa shape index (κ1) is 17.0.